The number of hydrogen-bond acceptors (Lipinski definition) is 8. The predicted molar refractivity (Wildman–Crippen MR) is 110 cm³/mol. The highest BCUT2D eigenvalue weighted by molar-refractivity contribution is 8.01. The maximum absolute atomic E-state index is 12.2. The first-order valence-corrected chi connectivity index (χ1v) is 11.1. The molecular weight excluding hydrogens is 402 g/mol. The number of carbonyl (C=O) groups excluding carboxylic acids is 1. The summed E-state index contributed by atoms with van der Waals surface area (Å²) in [6.45, 7) is 4.64. The predicted octanol–water partition coefficient (Wildman–Crippen LogP) is 3.97. The zero-order chi connectivity index (χ0) is 19.1. The fraction of sp³-hybridized carbons (Fsp3) is 0.294. The van der Waals surface area contributed by atoms with Crippen LogP contribution in [0.4, 0.5) is 5.13 Å². The minimum absolute atomic E-state index is 0.134. The van der Waals surface area contributed by atoms with Gasteiger partial charge < -0.3 is 4.74 Å². The van der Waals surface area contributed by atoms with E-state index in [-0.39, 0.29) is 11.7 Å². The molecule has 0 aliphatic heterocycles. The summed E-state index contributed by atoms with van der Waals surface area (Å²) in [5.74, 6) is 1.86. The molecule has 0 saturated carbocycles. The quantitative estimate of drug-likeness (QED) is 0.413. The molecule has 0 aliphatic carbocycles. The normalized spacial score (nSPS) is 10.7. The third kappa shape index (κ3) is 5.47. The second-order valence-electron chi connectivity index (χ2n) is 5.15. The number of thioether (sulfide) groups is 2. The molecule has 2 aromatic heterocycles. The number of ether oxygens (including phenoxy) is 1. The van der Waals surface area contributed by atoms with E-state index in [9.17, 15) is 4.79 Å². The summed E-state index contributed by atoms with van der Waals surface area (Å²) in [7, 11) is 0. The van der Waals surface area contributed by atoms with Gasteiger partial charge in [0.2, 0.25) is 11.0 Å². The second-order valence-corrected chi connectivity index (χ2v) is 8.58. The molecule has 3 rings (SSSR count). The second kappa shape index (κ2) is 9.77. The van der Waals surface area contributed by atoms with Crippen LogP contribution in [0.1, 0.15) is 13.8 Å². The lowest BCUT2D eigenvalue weighted by Crippen LogP contribution is -2.14. The largest absolute Gasteiger partial charge is 0.494 e. The summed E-state index contributed by atoms with van der Waals surface area (Å²) < 4.78 is 8.26. The fourth-order valence-electron chi connectivity index (χ4n) is 2.19. The van der Waals surface area contributed by atoms with Gasteiger partial charge in [0.05, 0.1) is 12.4 Å². The number of nitrogens with one attached hydrogen (secondary N) is 1. The SMILES string of the molecule is CCOc1ccc(-n2ccnc2SCC(=O)Nc2nnc(SCC)s2)cc1. The van der Waals surface area contributed by atoms with Crippen molar-refractivity contribution in [3.05, 3.63) is 36.7 Å². The minimum Gasteiger partial charge on any atom is -0.494 e. The number of amides is 1. The number of imidazole rings is 1. The molecule has 27 heavy (non-hydrogen) atoms. The van der Waals surface area contributed by atoms with Crippen molar-refractivity contribution in [1.82, 2.24) is 19.7 Å². The number of nitrogens with zero attached hydrogens (tertiary/aromatic N) is 4. The number of aromatic nitrogens is 4. The Balaban J connectivity index is 1.58. The molecule has 0 saturated heterocycles. The van der Waals surface area contributed by atoms with Gasteiger partial charge >= 0.3 is 0 Å². The van der Waals surface area contributed by atoms with Gasteiger partial charge in [-0.2, -0.15) is 0 Å². The van der Waals surface area contributed by atoms with Crippen LogP contribution in [0.15, 0.2) is 46.2 Å². The first-order chi connectivity index (χ1) is 13.2. The van der Waals surface area contributed by atoms with Crippen LogP contribution in [-0.2, 0) is 4.79 Å². The van der Waals surface area contributed by atoms with Crippen LogP contribution in [0.25, 0.3) is 5.69 Å². The molecular formula is C17H19N5O2S3. The van der Waals surface area contributed by atoms with E-state index in [2.05, 4.69) is 20.5 Å². The Morgan fingerprint density at radius 2 is 2.04 bits per heavy atom. The van der Waals surface area contributed by atoms with Crippen LogP contribution in [0.5, 0.6) is 5.75 Å². The van der Waals surface area contributed by atoms with Gasteiger partial charge in [-0.15, -0.1) is 10.2 Å². The van der Waals surface area contributed by atoms with Crippen LogP contribution in [0, 0.1) is 0 Å². The average Bonchev–Trinajstić information content (AvgIpc) is 3.31. The third-order valence-corrected chi connectivity index (χ3v) is 6.11. The Morgan fingerprint density at radius 1 is 1.22 bits per heavy atom. The molecule has 7 nitrogen and oxygen atoms in total. The minimum atomic E-state index is -0.134. The Bertz CT molecular complexity index is 879. The van der Waals surface area contributed by atoms with Gasteiger partial charge in [-0.1, -0.05) is 41.8 Å². The number of anilines is 1. The molecule has 142 valence electrons. The monoisotopic (exact) mass is 421 g/mol. The first-order valence-electron chi connectivity index (χ1n) is 8.35. The standard InChI is InChI=1S/C17H19N5O2S3/c1-3-24-13-7-5-12(6-8-13)22-10-9-18-16(22)26-11-14(23)19-15-20-21-17(27-15)25-4-2/h5-10H,3-4,11H2,1-2H3,(H,19,20,23). The highest BCUT2D eigenvalue weighted by Gasteiger charge is 2.12. The summed E-state index contributed by atoms with van der Waals surface area (Å²) in [4.78, 5) is 16.5. The smallest absolute Gasteiger partial charge is 0.236 e. The van der Waals surface area contributed by atoms with Crippen molar-refractivity contribution in [3.63, 3.8) is 0 Å². The van der Waals surface area contributed by atoms with Crippen molar-refractivity contribution in [2.45, 2.75) is 23.3 Å². The molecule has 0 bridgehead atoms. The lowest BCUT2D eigenvalue weighted by molar-refractivity contribution is -0.113. The lowest BCUT2D eigenvalue weighted by atomic mass is 10.3. The summed E-state index contributed by atoms with van der Waals surface area (Å²) in [5.41, 5.74) is 0.962. The number of carbonyl (C=O) groups is 1. The Morgan fingerprint density at radius 3 is 2.78 bits per heavy atom. The van der Waals surface area contributed by atoms with E-state index in [4.69, 9.17) is 4.74 Å². The fourth-order valence-corrected chi connectivity index (χ4v) is 4.63. The van der Waals surface area contributed by atoms with Crippen molar-refractivity contribution in [2.24, 2.45) is 0 Å². The molecule has 0 aliphatic rings. The van der Waals surface area contributed by atoms with E-state index in [1.165, 1.54) is 23.1 Å². The first kappa shape index (κ1) is 19.7. The third-order valence-electron chi connectivity index (χ3n) is 3.29. The van der Waals surface area contributed by atoms with Crippen LogP contribution in [0.2, 0.25) is 0 Å². The van der Waals surface area contributed by atoms with E-state index >= 15 is 0 Å². The van der Waals surface area contributed by atoms with Crippen LogP contribution < -0.4 is 10.1 Å². The van der Waals surface area contributed by atoms with Crippen molar-refractivity contribution in [3.8, 4) is 11.4 Å². The van der Waals surface area contributed by atoms with E-state index in [0.29, 0.717) is 11.7 Å². The van der Waals surface area contributed by atoms with Gasteiger partial charge in [-0.3, -0.25) is 14.7 Å². The zero-order valence-corrected chi connectivity index (χ0v) is 17.4. The molecule has 2 heterocycles. The van der Waals surface area contributed by atoms with Crippen LogP contribution in [0.3, 0.4) is 0 Å². The molecule has 1 N–H and O–H groups in total. The molecule has 1 aromatic carbocycles. The number of benzene rings is 1. The number of rotatable bonds is 9. The summed E-state index contributed by atoms with van der Waals surface area (Å²) >= 11 is 4.35. The summed E-state index contributed by atoms with van der Waals surface area (Å²) in [6.07, 6.45) is 3.59. The highest BCUT2D eigenvalue weighted by atomic mass is 32.2. The summed E-state index contributed by atoms with van der Waals surface area (Å²) in [5, 5.41) is 12.1. The van der Waals surface area contributed by atoms with Gasteiger partial charge in [0.15, 0.2) is 9.50 Å². The molecule has 3 aromatic rings. The number of hydrogen-bond donors (Lipinski definition) is 1. The molecule has 0 fully saturated rings. The van der Waals surface area contributed by atoms with E-state index in [1.807, 2.05) is 48.9 Å². The maximum Gasteiger partial charge on any atom is 0.236 e. The van der Waals surface area contributed by atoms with Gasteiger partial charge in [-0.05, 0) is 36.9 Å². The molecule has 0 radical (unpaired) electrons. The van der Waals surface area contributed by atoms with Crippen molar-refractivity contribution < 1.29 is 9.53 Å². The molecule has 0 unspecified atom stereocenters. The van der Waals surface area contributed by atoms with Gasteiger partial charge in [0, 0.05) is 18.1 Å². The van der Waals surface area contributed by atoms with E-state index in [1.54, 1.807) is 18.0 Å². The Kier molecular flexibility index (Phi) is 7.13. The zero-order valence-electron chi connectivity index (χ0n) is 14.9. The summed E-state index contributed by atoms with van der Waals surface area (Å²) in [6, 6.07) is 7.76. The lowest BCUT2D eigenvalue weighted by Gasteiger charge is -2.09. The van der Waals surface area contributed by atoms with Gasteiger partial charge in [-0.25, -0.2) is 4.98 Å². The Labute approximate surface area is 169 Å². The van der Waals surface area contributed by atoms with E-state index < -0.39 is 0 Å². The van der Waals surface area contributed by atoms with Crippen molar-refractivity contribution in [1.29, 1.82) is 0 Å². The highest BCUT2D eigenvalue weighted by Crippen LogP contribution is 2.26. The van der Waals surface area contributed by atoms with Gasteiger partial charge in [0.25, 0.3) is 0 Å². The topological polar surface area (TPSA) is 81.9 Å². The Hall–Kier alpha value is -2.04. The molecule has 1 amide bonds. The molecule has 0 atom stereocenters. The van der Waals surface area contributed by atoms with E-state index in [0.717, 1.165) is 26.7 Å². The van der Waals surface area contributed by atoms with Crippen LogP contribution in [-0.4, -0.2) is 43.8 Å². The van der Waals surface area contributed by atoms with Crippen molar-refractivity contribution in [2.75, 3.05) is 23.4 Å². The average molecular weight is 422 g/mol. The molecule has 0 spiro atoms. The maximum atomic E-state index is 12.2. The van der Waals surface area contributed by atoms with Crippen molar-refractivity contribution >= 4 is 45.9 Å². The van der Waals surface area contributed by atoms with Crippen LogP contribution >= 0.6 is 34.9 Å². The van der Waals surface area contributed by atoms with Gasteiger partial charge in [0.1, 0.15) is 5.75 Å². The molecule has 10 heteroatoms.